The maximum absolute atomic E-state index is 12.7. The highest BCUT2D eigenvalue weighted by Gasteiger charge is 2.31. The van der Waals surface area contributed by atoms with Crippen LogP contribution in [0.25, 0.3) is 78.3 Å². The molecule has 0 saturated carbocycles. The molecule has 0 aliphatic heterocycles. The second kappa shape index (κ2) is 15.8. The van der Waals surface area contributed by atoms with Crippen LogP contribution in [0.5, 0.6) is 5.75 Å². The summed E-state index contributed by atoms with van der Waals surface area (Å²) >= 11 is 0. The molecule has 9 aromatic rings. The summed E-state index contributed by atoms with van der Waals surface area (Å²) in [7, 11) is 0. The van der Waals surface area contributed by atoms with Crippen LogP contribution in [0, 0.1) is 0 Å². The number of aromatic nitrogens is 4. The molecule has 328 valence electrons. The Morgan fingerprint density at radius 3 is 1.71 bits per heavy atom. The van der Waals surface area contributed by atoms with Crippen LogP contribution in [0.2, 0.25) is 0 Å². The van der Waals surface area contributed by atoms with Crippen molar-refractivity contribution in [3.8, 4) is 62.0 Å². The van der Waals surface area contributed by atoms with Gasteiger partial charge in [-0.25, -0.2) is 4.98 Å². The molecule has 0 atom stereocenters. The van der Waals surface area contributed by atoms with E-state index in [1.54, 1.807) is 0 Å². The van der Waals surface area contributed by atoms with E-state index in [1.807, 2.05) is 6.20 Å². The second-order valence-electron chi connectivity index (χ2n) is 21.9. The van der Waals surface area contributed by atoms with E-state index in [1.165, 1.54) is 11.1 Å². The van der Waals surface area contributed by atoms with Gasteiger partial charge in [-0.05, 0) is 110 Å². The van der Waals surface area contributed by atoms with Crippen molar-refractivity contribution in [3.63, 3.8) is 0 Å². The summed E-state index contributed by atoms with van der Waals surface area (Å²) < 4.78 is 4.65. The average molecular weight is 855 g/mol. The van der Waals surface area contributed by atoms with Crippen LogP contribution >= 0.6 is 0 Å². The van der Waals surface area contributed by atoms with E-state index in [4.69, 9.17) is 9.97 Å². The number of phenols is 1. The molecule has 9 rings (SSSR count). The lowest BCUT2D eigenvalue weighted by atomic mass is 9.79. The molecule has 5 nitrogen and oxygen atoms in total. The SMILES string of the molecule is CC(C)(C)c1cc(-c2cc(-c3ccccc3)ccn2)cc(-n2c3ccccc3c3c2nc(-c2cc(C(C)(C)C)cc(C(C)(C)C)c2O)n3-c2ccc(C(C)(C)C)cc2-c2ccccc2)c1. The summed E-state index contributed by atoms with van der Waals surface area (Å²) in [5, 5.41) is 13.7. The number of fused-ring (bicyclic) bond motifs is 3. The number of nitrogens with zero attached hydrogens (tertiary/aromatic N) is 4. The molecule has 65 heavy (non-hydrogen) atoms. The molecule has 0 bridgehead atoms. The molecule has 6 aromatic carbocycles. The summed E-state index contributed by atoms with van der Waals surface area (Å²) in [6, 6.07) is 52.2. The quantitative estimate of drug-likeness (QED) is 0.181. The monoisotopic (exact) mass is 854 g/mol. The van der Waals surface area contributed by atoms with Gasteiger partial charge in [-0.15, -0.1) is 0 Å². The van der Waals surface area contributed by atoms with Crippen LogP contribution in [-0.4, -0.2) is 24.2 Å². The van der Waals surface area contributed by atoms with Gasteiger partial charge in [0.05, 0.1) is 22.5 Å². The summed E-state index contributed by atoms with van der Waals surface area (Å²) in [5.74, 6) is 0.943. The molecule has 0 saturated heterocycles. The second-order valence-corrected chi connectivity index (χ2v) is 21.9. The number of hydrogen-bond acceptors (Lipinski definition) is 3. The maximum Gasteiger partial charge on any atom is 0.165 e. The van der Waals surface area contributed by atoms with Crippen molar-refractivity contribution >= 4 is 22.1 Å². The van der Waals surface area contributed by atoms with E-state index in [-0.39, 0.29) is 27.4 Å². The summed E-state index contributed by atoms with van der Waals surface area (Å²) in [4.78, 5) is 10.8. The van der Waals surface area contributed by atoms with E-state index in [0.717, 1.165) is 78.1 Å². The third kappa shape index (κ3) is 8.07. The fourth-order valence-electron chi connectivity index (χ4n) is 9.04. The van der Waals surface area contributed by atoms with Crippen LogP contribution in [0.4, 0.5) is 0 Å². The molecule has 5 heteroatoms. The zero-order valence-electron chi connectivity index (χ0n) is 40.2. The van der Waals surface area contributed by atoms with Gasteiger partial charge in [-0.2, -0.15) is 0 Å². The van der Waals surface area contributed by atoms with Crippen molar-refractivity contribution in [1.82, 2.24) is 19.1 Å². The number of imidazole rings is 1. The molecule has 0 aliphatic rings. The Kier molecular flexibility index (Phi) is 10.6. The van der Waals surface area contributed by atoms with Crippen molar-refractivity contribution in [3.05, 3.63) is 174 Å². The summed E-state index contributed by atoms with van der Waals surface area (Å²) in [5.41, 5.74) is 15.6. The number of benzene rings is 6. The molecule has 0 fully saturated rings. The van der Waals surface area contributed by atoms with Crippen molar-refractivity contribution in [2.45, 2.75) is 105 Å². The van der Waals surface area contributed by atoms with Gasteiger partial charge in [-0.3, -0.25) is 14.1 Å². The first-order chi connectivity index (χ1) is 30.7. The topological polar surface area (TPSA) is 55.9 Å². The van der Waals surface area contributed by atoms with Crippen molar-refractivity contribution in [1.29, 1.82) is 0 Å². The number of phenolic OH excluding ortho intramolecular Hbond substituents is 1. The van der Waals surface area contributed by atoms with Crippen LogP contribution in [-0.2, 0) is 21.7 Å². The normalized spacial score (nSPS) is 12.7. The van der Waals surface area contributed by atoms with E-state index in [2.05, 4.69) is 238 Å². The lowest BCUT2D eigenvalue weighted by Gasteiger charge is -2.28. The third-order valence-electron chi connectivity index (χ3n) is 12.9. The minimum atomic E-state index is -0.335. The van der Waals surface area contributed by atoms with Gasteiger partial charge in [0.15, 0.2) is 11.5 Å². The first kappa shape index (κ1) is 43.5. The molecule has 3 aromatic heterocycles. The highest BCUT2D eigenvalue weighted by atomic mass is 16.3. The number of aromatic hydroxyl groups is 1. The Balaban J connectivity index is 1.43. The van der Waals surface area contributed by atoms with Crippen LogP contribution in [0.15, 0.2) is 152 Å². The Bertz CT molecular complexity index is 3230. The molecule has 0 amide bonds. The third-order valence-corrected chi connectivity index (χ3v) is 12.9. The highest BCUT2D eigenvalue weighted by molar-refractivity contribution is 6.09. The van der Waals surface area contributed by atoms with E-state index < -0.39 is 0 Å². The van der Waals surface area contributed by atoms with Gasteiger partial charge in [-0.1, -0.05) is 174 Å². The minimum absolute atomic E-state index is 0.0860. The molecule has 3 heterocycles. The van der Waals surface area contributed by atoms with Crippen molar-refractivity contribution in [2.24, 2.45) is 0 Å². The molecule has 0 aliphatic carbocycles. The molecular weight excluding hydrogens is 793 g/mol. The smallest absolute Gasteiger partial charge is 0.165 e. The van der Waals surface area contributed by atoms with Gasteiger partial charge >= 0.3 is 0 Å². The lowest BCUT2D eigenvalue weighted by Crippen LogP contribution is -2.17. The van der Waals surface area contributed by atoms with Gasteiger partial charge < -0.3 is 5.11 Å². The Morgan fingerprint density at radius 1 is 0.462 bits per heavy atom. The molecular formula is C60H62N4O. The van der Waals surface area contributed by atoms with Crippen LogP contribution in [0.3, 0.4) is 0 Å². The van der Waals surface area contributed by atoms with Crippen molar-refractivity contribution < 1.29 is 5.11 Å². The van der Waals surface area contributed by atoms with Gasteiger partial charge in [0.2, 0.25) is 0 Å². The van der Waals surface area contributed by atoms with E-state index >= 15 is 0 Å². The first-order valence-electron chi connectivity index (χ1n) is 23.0. The van der Waals surface area contributed by atoms with Gasteiger partial charge in [0, 0.05) is 34.0 Å². The lowest BCUT2D eigenvalue weighted by molar-refractivity contribution is 0.446. The minimum Gasteiger partial charge on any atom is -0.507 e. The fraction of sp³-hybridized carbons (Fsp3) is 0.267. The number of pyridine rings is 1. The Morgan fingerprint density at radius 2 is 1.06 bits per heavy atom. The molecule has 0 spiro atoms. The van der Waals surface area contributed by atoms with Crippen LogP contribution in [0.1, 0.15) is 105 Å². The Labute approximate surface area is 385 Å². The standard InChI is InChI=1S/C60H62N4O/c1-57(2,3)42-27-28-52(47(35-42)39-23-17-14-18-24-39)64-53-46-25-19-20-26-51(46)63(56(53)62-55(64)48-36-44(59(7,8)9)37-49(54(48)65)60(10,11)12)45-32-41(31-43(34-45)58(4,5)6)50-33-40(29-30-61-50)38-21-15-13-16-22-38/h13-37,65H,1-12H3. The van der Waals surface area contributed by atoms with Gasteiger partial charge in [0.25, 0.3) is 0 Å². The molecule has 0 unspecified atom stereocenters. The zero-order valence-corrected chi connectivity index (χ0v) is 40.2. The predicted molar refractivity (Wildman–Crippen MR) is 274 cm³/mol. The molecule has 1 N–H and O–H groups in total. The number of para-hydroxylation sites is 1. The number of rotatable bonds is 6. The highest BCUT2D eigenvalue weighted by Crippen LogP contribution is 2.47. The predicted octanol–water partition coefficient (Wildman–Crippen LogP) is 15.9. The summed E-state index contributed by atoms with van der Waals surface area (Å²) in [6.45, 7) is 26.8. The first-order valence-corrected chi connectivity index (χ1v) is 23.0. The van der Waals surface area contributed by atoms with Crippen LogP contribution < -0.4 is 0 Å². The van der Waals surface area contributed by atoms with E-state index in [0.29, 0.717) is 11.4 Å². The number of hydrogen-bond donors (Lipinski definition) is 1. The fourth-order valence-corrected chi connectivity index (χ4v) is 9.04. The van der Waals surface area contributed by atoms with Gasteiger partial charge in [0.1, 0.15) is 11.3 Å². The van der Waals surface area contributed by atoms with Crippen molar-refractivity contribution in [2.75, 3.05) is 0 Å². The average Bonchev–Trinajstić information content (AvgIpc) is 3.80. The summed E-state index contributed by atoms with van der Waals surface area (Å²) in [6.07, 6.45) is 1.91. The Hall–Kier alpha value is -6.72. The molecule has 0 radical (unpaired) electrons. The van der Waals surface area contributed by atoms with E-state index in [9.17, 15) is 5.11 Å². The maximum atomic E-state index is 12.7. The largest absolute Gasteiger partial charge is 0.507 e. The zero-order chi connectivity index (χ0) is 46.2.